The molecule has 1 N–H and O–H groups in total. The lowest BCUT2D eigenvalue weighted by Crippen LogP contribution is -2.01. The van der Waals surface area contributed by atoms with Gasteiger partial charge in [-0.2, -0.15) is 5.26 Å². The third-order valence-corrected chi connectivity index (χ3v) is 3.95. The minimum absolute atomic E-state index is 0.0246. The number of carbonyl (C=O) groups is 1. The number of H-pyrrole nitrogens is 1. The Kier molecular flexibility index (Phi) is 4.26. The van der Waals surface area contributed by atoms with Crippen LogP contribution in [0.3, 0.4) is 0 Å². The van der Waals surface area contributed by atoms with Crippen molar-refractivity contribution in [3.05, 3.63) is 76.7 Å². The molecule has 3 rings (SSSR count). The quantitative estimate of drug-likeness (QED) is 0.432. The minimum Gasteiger partial charge on any atom is -0.360 e. The topological polar surface area (TPSA) is 56.6 Å². The van der Waals surface area contributed by atoms with Crippen molar-refractivity contribution in [1.29, 1.82) is 5.26 Å². The fourth-order valence-corrected chi connectivity index (χ4v) is 2.76. The summed E-state index contributed by atoms with van der Waals surface area (Å²) in [4.78, 5) is 15.9. The molecule has 4 heteroatoms. The second kappa shape index (κ2) is 6.51. The molecular weight excluding hydrogens is 303 g/mol. The van der Waals surface area contributed by atoms with Crippen LogP contribution in [0, 0.1) is 17.1 Å². The van der Waals surface area contributed by atoms with Crippen molar-refractivity contribution < 1.29 is 9.18 Å². The standard InChI is InChI=1S/C20H15FN2O/c1-2-14-6-4-8-17-18(12-23-19(14)17)20(24)15(11-22)9-13-5-3-7-16(21)10-13/h3-10,12,23H,2H2,1H3/b15-9+. The summed E-state index contributed by atoms with van der Waals surface area (Å²) in [6.45, 7) is 2.04. The van der Waals surface area contributed by atoms with E-state index in [4.69, 9.17) is 0 Å². The number of nitriles is 1. The molecule has 0 radical (unpaired) electrons. The van der Waals surface area contributed by atoms with Crippen molar-refractivity contribution in [3.63, 3.8) is 0 Å². The maximum atomic E-state index is 13.3. The Morgan fingerprint density at radius 2 is 2.08 bits per heavy atom. The number of aromatic nitrogens is 1. The van der Waals surface area contributed by atoms with Gasteiger partial charge >= 0.3 is 0 Å². The molecule has 0 aliphatic rings. The van der Waals surface area contributed by atoms with Crippen LogP contribution in [0.15, 0.2) is 54.2 Å². The number of carbonyl (C=O) groups excluding carboxylic acids is 1. The fourth-order valence-electron chi connectivity index (χ4n) is 2.76. The number of ketones is 1. The van der Waals surface area contributed by atoms with E-state index in [-0.39, 0.29) is 11.4 Å². The first-order chi connectivity index (χ1) is 11.6. The van der Waals surface area contributed by atoms with Gasteiger partial charge < -0.3 is 4.98 Å². The fraction of sp³-hybridized carbons (Fsp3) is 0.100. The molecule has 0 atom stereocenters. The average molecular weight is 318 g/mol. The Morgan fingerprint density at radius 3 is 2.79 bits per heavy atom. The summed E-state index contributed by atoms with van der Waals surface area (Å²) < 4.78 is 13.3. The van der Waals surface area contributed by atoms with Gasteiger partial charge in [0.15, 0.2) is 0 Å². The number of hydrogen-bond acceptors (Lipinski definition) is 2. The van der Waals surface area contributed by atoms with Crippen molar-refractivity contribution >= 4 is 22.8 Å². The van der Waals surface area contributed by atoms with E-state index < -0.39 is 5.82 Å². The van der Waals surface area contributed by atoms with Gasteiger partial charge in [0.25, 0.3) is 0 Å². The number of nitrogens with zero attached hydrogens (tertiary/aromatic N) is 1. The third-order valence-electron chi connectivity index (χ3n) is 3.95. The van der Waals surface area contributed by atoms with Crippen LogP contribution >= 0.6 is 0 Å². The highest BCUT2D eigenvalue weighted by Crippen LogP contribution is 2.25. The van der Waals surface area contributed by atoms with Gasteiger partial charge in [0.05, 0.1) is 0 Å². The van der Waals surface area contributed by atoms with Gasteiger partial charge in [-0.15, -0.1) is 0 Å². The molecule has 1 aromatic heterocycles. The number of aryl methyl sites for hydroxylation is 1. The Bertz CT molecular complexity index is 992. The first-order valence-corrected chi connectivity index (χ1v) is 7.65. The summed E-state index contributed by atoms with van der Waals surface area (Å²) in [7, 11) is 0. The Morgan fingerprint density at radius 1 is 1.29 bits per heavy atom. The largest absolute Gasteiger partial charge is 0.360 e. The van der Waals surface area contributed by atoms with Crippen molar-refractivity contribution in [2.24, 2.45) is 0 Å². The Hall–Kier alpha value is -3.19. The lowest BCUT2D eigenvalue weighted by molar-refractivity contribution is 0.104. The molecule has 0 saturated carbocycles. The van der Waals surface area contributed by atoms with Crippen LogP contribution in [-0.4, -0.2) is 10.8 Å². The van der Waals surface area contributed by atoms with E-state index in [1.165, 1.54) is 18.2 Å². The van der Waals surface area contributed by atoms with Gasteiger partial charge in [-0.05, 0) is 35.8 Å². The summed E-state index contributed by atoms with van der Waals surface area (Å²) in [5, 5.41) is 10.1. The van der Waals surface area contributed by atoms with Crippen molar-refractivity contribution in [3.8, 4) is 6.07 Å². The molecule has 0 aliphatic heterocycles. The van der Waals surface area contributed by atoms with E-state index in [1.807, 2.05) is 31.2 Å². The summed E-state index contributed by atoms with van der Waals surface area (Å²) in [6.07, 6.45) is 3.88. The summed E-state index contributed by atoms with van der Waals surface area (Å²) >= 11 is 0. The summed E-state index contributed by atoms with van der Waals surface area (Å²) in [6, 6.07) is 13.5. The summed E-state index contributed by atoms with van der Waals surface area (Å²) in [5.41, 5.74) is 2.92. The van der Waals surface area contributed by atoms with Gasteiger partial charge in [-0.3, -0.25) is 4.79 Å². The zero-order valence-corrected chi connectivity index (χ0v) is 13.1. The molecule has 24 heavy (non-hydrogen) atoms. The van der Waals surface area contributed by atoms with Gasteiger partial charge in [0, 0.05) is 22.7 Å². The molecule has 1 heterocycles. The molecule has 0 bridgehead atoms. The molecular formula is C20H15FN2O. The molecule has 118 valence electrons. The zero-order chi connectivity index (χ0) is 17.1. The lowest BCUT2D eigenvalue weighted by atomic mass is 10.00. The van der Waals surface area contributed by atoms with Crippen LogP contribution in [0.5, 0.6) is 0 Å². The summed E-state index contributed by atoms with van der Waals surface area (Å²) in [5.74, 6) is -0.783. The molecule has 0 fully saturated rings. The molecule has 3 aromatic rings. The molecule has 0 aliphatic carbocycles. The number of fused-ring (bicyclic) bond motifs is 1. The monoisotopic (exact) mass is 318 g/mol. The van der Waals surface area contributed by atoms with Gasteiger partial charge in [0.2, 0.25) is 5.78 Å². The minimum atomic E-state index is -0.409. The number of nitrogens with one attached hydrogen (secondary N) is 1. The third kappa shape index (κ3) is 2.84. The van der Waals surface area contributed by atoms with Crippen LogP contribution in [-0.2, 0) is 6.42 Å². The van der Waals surface area contributed by atoms with Crippen molar-refractivity contribution in [2.75, 3.05) is 0 Å². The first-order valence-electron chi connectivity index (χ1n) is 7.65. The Balaban J connectivity index is 2.06. The number of benzene rings is 2. The number of aromatic amines is 1. The number of para-hydroxylation sites is 1. The predicted molar refractivity (Wildman–Crippen MR) is 92.0 cm³/mol. The highest BCUT2D eigenvalue weighted by atomic mass is 19.1. The van der Waals surface area contributed by atoms with E-state index >= 15 is 0 Å². The molecule has 0 amide bonds. The molecule has 2 aromatic carbocycles. The molecule has 0 saturated heterocycles. The van der Waals surface area contributed by atoms with Crippen LogP contribution in [0.1, 0.15) is 28.4 Å². The normalized spacial score (nSPS) is 11.5. The average Bonchev–Trinajstić information content (AvgIpc) is 3.03. The van der Waals surface area contributed by atoms with Crippen LogP contribution in [0.25, 0.3) is 17.0 Å². The zero-order valence-electron chi connectivity index (χ0n) is 13.1. The second-order valence-corrected chi connectivity index (χ2v) is 5.45. The van der Waals surface area contributed by atoms with Crippen LogP contribution < -0.4 is 0 Å². The van der Waals surface area contributed by atoms with E-state index in [0.29, 0.717) is 11.1 Å². The number of rotatable bonds is 4. The van der Waals surface area contributed by atoms with Crippen LogP contribution in [0.4, 0.5) is 4.39 Å². The van der Waals surface area contributed by atoms with E-state index in [1.54, 1.807) is 18.3 Å². The first kappa shape index (κ1) is 15.7. The number of hydrogen-bond donors (Lipinski definition) is 1. The maximum absolute atomic E-state index is 13.3. The highest BCUT2D eigenvalue weighted by molar-refractivity contribution is 6.20. The number of halogens is 1. The van der Waals surface area contributed by atoms with Gasteiger partial charge in [0.1, 0.15) is 17.5 Å². The van der Waals surface area contributed by atoms with E-state index in [0.717, 1.165) is 22.9 Å². The van der Waals surface area contributed by atoms with Gasteiger partial charge in [-0.25, -0.2) is 4.39 Å². The van der Waals surface area contributed by atoms with Gasteiger partial charge in [-0.1, -0.05) is 37.3 Å². The molecule has 0 unspecified atom stereocenters. The Labute approximate surface area is 139 Å². The molecule has 0 spiro atoms. The highest BCUT2D eigenvalue weighted by Gasteiger charge is 2.17. The predicted octanol–water partition coefficient (Wildman–Crippen LogP) is 4.66. The van der Waals surface area contributed by atoms with E-state index in [2.05, 4.69) is 4.98 Å². The van der Waals surface area contributed by atoms with Crippen molar-refractivity contribution in [2.45, 2.75) is 13.3 Å². The second-order valence-electron chi connectivity index (χ2n) is 5.45. The smallest absolute Gasteiger partial charge is 0.205 e. The molecule has 3 nitrogen and oxygen atoms in total. The SMILES string of the molecule is CCc1cccc2c(C(=O)/C(C#N)=C/c3cccc(F)c3)c[nH]c12. The maximum Gasteiger partial charge on any atom is 0.205 e. The lowest BCUT2D eigenvalue weighted by Gasteiger charge is -2.01. The van der Waals surface area contributed by atoms with Crippen molar-refractivity contribution in [1.82, 2.24) is 4.98 Å². The van der Waals surface area contributed by atoms with Crippen LogP contribution in [0.2, 0.25) is 0 Å². The number of allylic oxidation sites excluding steroid dienone is 1. The van der Waals surface area contributed by atoms with E-state index in [9.17, 15) is 14.4 Å². The number of Topliss-reactive ketones (excluding diaryl/α,β-unsaturated/α-hetero) is 1.